The number of hydrogen-bond acceptors (Lipinski definition) is 3. The van der Waals surface area contributed by atoms with Crippen molar-refractivity contribution in [2.24, 2.45) is 5.92 Å². The van der Waals surface area contributed by atoms with Crippen LogP contribution < -0.4 is 0 Å². The highest BCUT2D eigenvalue weighted by Crippen LogP contribution is 2.29. The van der Waals surface area contributed by atoms with E-state index in [9.17, 15) is 22.8 Å². The number of aryl methyl sites for hydroxylation is 1. The predicted octanol–water partition coefficient (Wildman–Crippen LogP) is 6.79. The number of thiophene rings is 1. The standard InChI is InChI=1S/C28H31F3N2O2S/c1-4-20(2)16-33(27(35)23-11-13-24(14-12-23)28(29,30)31)19-26(34)32(17-22-8-6-5-7-9-22)18-25-15-10-21(3)36-25/h5-15,20H,4,16-19H2,1-3H3/t20-/m1/s1. The van der Waals surface area contributed by atoms with Crippen molar-refractivity contribution in [3.8, 4) is 0 Å². The highest BCUT2D eigenvalue weighted by atomic mass is 32.1. The Hall–Kier alpha value is -3.13. The van der Waals surface area contributed by atoms with Crippen molar-refractivity contribution < 1.29 is 22.8 Å². The van der Waals surface area contributed by atoms with Gasteiger partial charge in [-0.15, -0.1) is 11.3 Å². The van der Waals surface area contributed by atoms with Crippen molar-refractivity contribution in [1.29, 1.82) is 0 Å². The molecule has 8 heteroatoms. The van der Waals surface area contributed by atoms with Gasteiger partial charge < -0.3 is 9.80 Å². The fourth-order valence-corrected chi connectivity index (χ4v) is 4.67. The largest absolute Gasteiger partial charge is 0.416 e. The Bertz CT molecular complexity index is 1140. The van der Waals surface area contributed by atoms with Crippen LogP contribution in [0.4, 0.5) is 13.2 Å². The van der Waals surface area contributed by atoms with Crippen molar-refractivity contribution in [1.82, 2.24) is 9.80 Å². The van der Waals surface area contributed by atoms with Crippen LogP contribution in [0.2, 0.25) is 0 Å². The fraction of sp³-hybridized carbons (Fsp3) is 0.357. The monoisotopic (exact) mass is 516 g/mol. The van der Waals surface area contributed by atoms with Crippen LogP contribution in [0.5, 0.6) is 0 Å². The molecule has 1 aromatic heterocycles. The van der Waals surface area contributed by atoms with Crippen LogP contribution in [0.1, 0.15) is 51.5 Å². The van der Waals surface area contributed by atoms with Crippen molar-refractivity contribution in [2.45, 2.75) is 46.5 Å². The van der Waals surface area contributed by atoms with E-state index in [1.54, 1.807) is 16.2 Å². The molecule has 0 aliphatic rings. The smallest absolute Gasteiger partial charge is 0.332 e. The summed E-state index contributed by atoms with van der Waals surface area (Å²) in [4.78, 5) is 32.2. The van der Waals surface area contributed by atoms with E-state index in [2.05, 4.69) is 0 Å². The van der Waals surface area contributed by atoms with E-state index in [1.165, 1.54) is 17.0 Å². The zero-order chi connectivity index (χ0) is 26.3. The van der Waals surface area contributed by atoms with Gasteiger partial charge in [-0.2, -0.15) is 13.2 Å². The Morgan fingerprint density at radius 3 is 2.14 bits per heavy atom. The summed E-state index contributed by atoms with van der Waals surface area (Å²) < 4.78 is 38.9. The number of alkyl halides is 3. The molecule has 3 aromatic rings. The zero-order valence-electron chi connectivity index (χ0n) is 20.7. The van der Waals surface area contributed by atoms with Gasteiger partial charge >= 0.3 is 6.18 Å². The Morgan fingerprint density at radius 2 is 1.58 bits per heavy atom. The van der Waals surface area contributed by atoms with E-state index in [1.807, 2.05) is 63.2 Å². The molecule has 36 heavy (non-hydrogen) atoms. The number of amides is 2. The molecule has 2 aromatic carbocycles. The summed E-state index contributed by atoms with van der Waals surface area (Å²) in [5.74, 6) is -0.545. The van der Waals surface area contributed by atoms with Gasteiger partial charge in [0, 0.05) is 28.4 Å². The molecule has 4 nitrogen and oxygen atoms in total. The van der Waals surface area contributed by atoms with Crippen LogP contribution in [-0.4, -0.2) is 34.7 Å². The molecular weight excluding hydrogens is 485 g/mol. The first kappa shape index (κ1) is 27.5. The van der Waals surface area contributed by atoms with E-state index in [0.717, 1.165) is 33.9 Å². The normalized spacial score (nSPS) is 12.3. The molecule has 1 atom stereocenters. The van der Waals surface area contributed by atoms with E-state index in [0.29, 0.717) is 19.6 Å². The third kappa shape index (κ3) is 7.68. The van der Waals surface area contributed by atoms with Crippen LogP contribution in [0.25, 0.3) is 0 Å². The number of nitrogens with zero attached hydrogens (tertiary/aromatic N) is 2. The molecule has 0 unspecified atom stereocenters. The van der Waals surface area contributed by atoms with Crippen LogP contribution in [0, 0.1) is 12.8 Å². The van der Waals surface area contributed by atoms with Gasteiger partial charge in [-0.05, 0) is 54.8 Å². The van der Waals surface area contributed by atoms with Crippen molar-refractivity contribution in [3.63, 3.8) is 0 Å². The summed E-state index contributed by atoms with van der Waals surface area (Å²) in [7, 11) is 0. The molecule has 0 aliphatic heterocycles. The van der Waals surface area contributed by atoms with Gasteiger partial charge in [0.25, 0.3) is 5.91 Å². The predicted molar refractivity (Wildman–Crippen MR) is 137 cm³/mol. The second-order valence-electron chi connectivity index (χ2n) is 9.02. The first-order valence-corrected chi connectivity index (χ1v) is 12.7. The Balaban J connectivity index is 1.83. The second kappa shape index (κ2) is 12.2. The average molecular weight is 517 g/mol. The molecule has 0 radical (unpaired) electrons. The number of carbonyl (C=O) groups excluding carboxylic acids is 2. The topological polar surface area (TPSA) is 40.6 Å². The maximum Gasteiger partial charge on any atom is 0.416 e. The Kier molecular flexibility index (Phi) is 9.31. The lowest BCUT2D eigenvalue weighted by atomic mass is 10.1. The summed E-state index contributed by atoms with van der Waals surface area (Å²) in [5.41, 5.74) is 0.285. The third-order valence-corrected chi connectivity index (χ3v) is 7.00. The van der Waals surface area contributed by atoms with Gasteiger partial charge in [-0.1, -0.05) is 50.6 Å². The van der Waals surface area contributed by atoms with E-state index in [4.69, 9.17) is 0 Å². The minimum atomic E-state index is -4.48. The SMILES string of the molecule is CC[C@@H](C)CN(CC(=O)N(Cc1ccccc1)Cc1ccc(C)s1)C(=O)c1ccc(C(F)(F)F)cc1. The van der Waals surface area contributed by atoms with Gasteiger partial charge in [0.15, 0.2) is 0 Å². The first-order chi connectivity index (χ1) is 17.1. The lowest BCUT2D eigenvalue weighted by molar-refractivity contribution is -0.137. The fourth-order valence-electron chi connectivity index (χ4n) is 3.77. The highest BCUT2D eigenvalue weighted by molar-refractivity contribution is 7.11. The maximum absolute atomic E-state index is 13.5. The zero-order valence-corrected chi connectivity index (χ0v) is 21.5. The van der Waals surface area contributed by atoms with Crippen LogP contribution in [0.15, 0.2) is 66.7 Å². The van der Waals surface area contributed by atoms with Gasteiger partial charge in [-0.25, -0.2) is 0 Å². The third-order valence-electron chi connectivity index (χ3n) is 6.01. The molecule has 0 saturated heterocycles. The molecule has 0 fully saturated rings. The van der Waals surface area contributed by atoms with Crippen molar-refractivity contribution in [3.05, 3.63) is 93.2 Å². The van der Waals surface area contributed by atoms with E-state index >= 15 is 0 Å². The first-order valence-electron chi connectivity index (χ1n) is 11.9. The van der Waals surface area contributed by atoms with Crippen molar-refractivity contribution >= 4 is 23.2 Å². The van der Waals surface area contributed by atoms with Gasteiger partial charge in [-0.3, -0.25) is 9.59 Å². The molecule has 0 aliphatic carbocycles. The second-order valence-corrected chi connectivity index (χ2v) is 10.4. The summed E-state index contributed by atoms with van der Waals surface area (Å²) in [6.45, 7) is 6.97. The minimum Gasteiger partial charge on any atom is -0.332 e. The maximum atomic E-state index is 13.5. The average Bonchev–Trinajstić information content (AvgIpc) is 3.27. The number of benzene rings is 2. The molecule has 2 amide bonds. The molecule has 3 rings (SSSR count). The molecular formula is C28H31F3N2O2S. The van der Waals surface area contributed by atoms with E-state index < -0.39 is 17.6 Å². The minimum absolute atomic E-state index is 0.124. The molecule has 0 spiro atoms. The Morgan fingerprint density at radius 1 is 0.917 bits per heavy atom. The lowest BCUT2D eigenvalue weighted by Crippen LogP contribution is -2.44. The van der Waals surface area contributed by atoms with Crippen LogP contribution >= 0.6 is 11.3 Å². The molecule has 0 N–H and O–H groups in total. The molecule has 192 valence electrons. The lowest BCUT2D eigenvalue weighted by Gasteiger charge is -2.29. The molecule has 1 heterocycles. The van der Waals surface area contributed by atoms with Crippen LogP contribution in [0.3, 0.4) is 0 Å². The summed E-state index contributed by atoms with van der Waals surface area (Å²) in [6, 6.07) is 17.8. The number of halogens is 3. The van der Waals surface area contributed by atoms with Gasteiger partial charge in [0.2, 0.25) is 5.91 Å². The number of carbonyl (C=O) groups is 2. The van der Waals surface area contributed by atoms with Crippen LogP contribution in [-0.2, 0) is 24.1 Å². The van der Waals surface area contributed by atoms with Crippen molar-refractivity contribution in [2.75, 3.05) is 13.1 Å². The number of hydrogen-bond donors (Lipinski definition) is 0. The molecule has 0 saturated carbocycles. The van der Waals surface area contributed by atoms with Gasteiger partial charge in [0.1, 0.15) is 6.54 Å². The quantitative estimate of drug-likeness (QED) is 0.298. The number of rotatable bonds is 10. The van der Waals surface area contributed by atoms with E-state index in [-0.39, 0.29) is 23.9 Å². The summed E-state index contributed by atoms with van der Waals surface area (Å²) >= 11 is 1.62. The highest BCUT2D eigenvalue weighted by Gasteiger charge is 2.31. The Labute approximate surface area is 214 Å². The molecule has 0 bridgehead atoms. The van der Waals surface area contributed by atoms with Gasteiger partial charge in [0.05, 0.1) is 12.1 Å². The summed E-state index contributed by atoms with van der Waals surface area (Å²) in [5, 5.41) is 0. The summed E-state index contributed by atoms with van der Waals surface area (Å²) in [6.07, 6.45) is -3.68.